The smallest absolute Gasteiger partial charge is 0.249 e. The summed E-state index contributed by atoms with van der Waals surface area (Å²) in [5, 5.41) is 14.0. The Bertz CT molecular complexity index is 1100. The predicted octanol–water partition coefficient (Wildman–Crippen LogP) is 3.34. The van der Waals surface area contributed by atoms with Gasteiger partial charge in [0.1, 0.15) is 18.5 Å². The fraction of sp³-hybridized carbons (Fsp3) is 0.259. The van der Waals surface area contributed by atoms with Gasteiger partial charge in [0.25, 0.3) is 0 Å². The average molecular weight is 461 g/mol. The second kappa shape index (κ2) is 11.0. The van der Waals surface area contributed by atoms with Crippen LogP contribution in [0.4, 0.5) is 5.69 Å². The number of nitrogens with one attached hydrogen (secondary N) is 1. The standard InChI is InChI=1S/C27H28N2O5/c1-33-23-13-7-20(8-14-23)16-29-24(17-34-18-26(29)31)27(32)21-9-11-22(12-10-21)28-25(30)15-19-5-3-2-4-6-19/h2-14,24,27,32H,15-18H2,1H3,(H,28,30)/t24-,27-/m1/s1. The molecule has 0 spiro atoms. The molecule has 0 radical (unpaired) electrons. The van der Waals surface area contributed by atoms with Crippen LogP contribution in [0.3, 0.4) is 0 Å². The summed E-state index contributed by atoms with van der Waals surface area (Å²) in [6.07, 6.45) is -0.649. The first kappa shape index (κ1) is 23.5. The normalized spacial score (nSPS) is 16.7. The molecule has 0 bridgehead atoms. The van der Waals surface area contributed by atoms with Gasteiger partial charge in [0.2, 0.25) is 11.8 Å². The lowest BCUT2D eigenvalue weighted by atomic mass is 9.99. The second-order valence-corrected chi connectivity index (χ2v) is 8.23. The molecule has 1 heterocycles. The first-order valence-corrected chi connectivity index (χ1v) is 11.2. The largest absolute Gasteiger partial charge is 0.497 e. The van der Waals surface area contributed by atoms with Crippen LogP contribution in [-0.4, -0.2) is 48.2 Å². The van der Waals surface area contributed by atoms with Crippen molar-refractivity contribution in [2.24, 2.45) is 0 Å². The zero-order chi connectivity index (χ0) is 23.9. The number of carbonyl (C=O) groups excluding carboxylic acids is 2. The van der Waals surface area contributed by atoms with Crippen LogP contribution < -0.4 is 10.1 Å². The number of amides is 2. The highest BCUT2D eigenvalue weighted by Gasteiger charge is 2.34. The molecule has 1 saturated heterocycles. The SMILES string of the molecule is COc1ccc(CN2C(=O)COC[C@@H]2[C@H](O)c2ccc(NC(=O)Cc3ccccc3)cc2)cc1. The summed E-state index contributed by atoms with van der Waals surface area (Å²) in [6, 6.07) is 23.5. The van der Waals surface area contributed by atoms with Crippen molar-refractivity contribution >= 4 is 17.5 Å². The maximum absolute atomic E-state index is 12.6. The lowest BCUT2D eigenvalue weighted by molar-refractivity contribution is -0.155. The number of aliphatic hydroxyl groups excluding tert-OH is 1. The van der Waals surface area contributed by atoms with E-state index in [1.165, 1.54) is 0 Å². The van der Waals surface area contributed by atoms with Crippen molar-refractivity contribution < 1.29 is 24.2 Å². The third-order valence-electron chi connectivity index (χ3n) is 5.85. The summed E-state index contributed by atoms with van der Waals surface area (Å²) in [5.41, 5.74) is 3.16. The van der Waals surface area contributed by atoms with E-state index in [1.807, 2.05) is 54.6 Å². The molecule has 4 rings (SSSR count). The molecule has 1 fully saturated rings. The molecule has 0 unspecified atom stereocenters. The number of hydrogen-bond acceptors (Lipinski definition) is 5. The number of benzene rings is 3. The number of anilines is 1. The molecule has 0 saturated carbocycles. The Morgan fingerprint density at radius 2 is 1.76 bits per heavy atom. The molecule has 7 heteroatoms. The third-order valence-corrected chi connectivity index (χ3v) is 5.85. The van der Waals surface area contributed by atoms with Crippen molar-refractivity contribution in [2.75, 3.05) is 25.6 Å². The van der Waals surface area contributed by atoms with E-state index in [0.717, 1.165) is 16.9 Å². The van der Waals surface area contributed by atoms with Crippen LogP contribution in [0.25, 0.3) is 0 Å². The number of aliphatic hydroxyl groups is 1. The summed E-state index contributed by atoms with van der Waals surface area (Å²) in [5.74, 6) is 0.456. The van der Waals surface area contributed by atoms with Gasteiger partial charge in [0.05, 0.1) is 26.2 Å². The Labute approximate surface area is 198 Å². The Kier molecular flexibility index (Phi) is 7.57. The fourth-order valence-electron chi connectivity index (χ4n) is 3.99. The van der Waals surface area contributed by atoms with Gasteiger partial charge in [-0.1, -0.05) is 54.6 Å². The molecule has 3 aromatic rings. The predicted molar refractivity (Wildman–Crippen MR) is 128 cm³/mol. The van der Waals surface area contributed by atoms with E-state index in [4.69, 9.17) is 9.47 Å². The lowest BCUT2D eigenvalue weighted by Crippen LogP contribution is -2.51. The Hall–Kier alpha value is -3.68. The van der Waals surface area contributed by atoms with Crippen LogP contribution in [0.15, 0.2) is 78.9 Å². The number of ether oxygens (including phenoxy) is 2. The van der Waals surface area contributed by atoms with Gasteiger partial charge in [-0.25, -0.2) is 0 Å². The highest BCUT2D eigenvalue weighted by molar-refractivity contribution is 5.92. The number of carbonyl (C=O) groups is 2. The molecular formula is C27H28N2O5. The molecule has 0 aliphatic carbocycles. The molecule has 34 heavy (non-hydrogen) atoms. The van der Waals surface area contributed by atoms with Crippen molar-refractivity contribution in [3.05, 3.63) is 95.6 Å². The first-order valence-electron chi connectivity index (χ1n) is 11.2. The van der Waals surface area contributed by atoms with Gasteiger partial charge in [-0.3, -0.25) is 9.59 Å². The van der Waals surface area contributed by atoms with E-state index in [2.05, 4.69) is 5.32 Å². The van der Waals surface area contributed by atoms with Crippen LogP contribution in [0.2, 0.25) is 0 Å². The summed E-state index contributed by atoms with van der Waals surface area (Å²) in [4.78, 5) is 26.6. The zero-order valence-corrected chi connectivity index (χ0v) is 19.0. The van der Waals surface area contributed by atoms with Gasteiger partial charge in [-0.15, -0.1) is 0 Å². The van der Waals surface area contributed by atoms with E-state index in [-0.39, 0.29) is 31.4 Å². The summed E-state index contributed by atoms with van der Waals surface area (Å²) in [7, 11) is 1.60. The molecule has 2 atom stereocenters. The zero-order valence-electron chi connectivity index (χ0n) is 19.0. The van der Waals surface area contributed by atoms with E-state index >= 15 is 0 Å². The van der Waals surface area contributed by atoms with Crippen molar-refractivity contribution in [3.63, 3.8) is 0 Å². The van der Waals surface area contributed by atoms with Crippen LogP contribution >= 0.6 is 0 Å². The van der Waals surface area contributed by atoms with Gasteiger partial charge in [-0.05, 0) is 41.0 Å². The lowest BCUT2D eigenvalue weighted by Gasteiger charge is -2.38. The topological polar surface area (TPSA) is 88.1 Å². The highest BCUT2D eigenvalue weighted by Crippen LogP contribution is 2.27. The molecule has 1 aliphatic rings. The minimum Gasteiger partial charge on any atom is -0.497 e. The molecule has 2 N–H and O–H groups in total. The first-order chi connectivity index (χ1) is 16.5. The second-order valence-electron chi connectivity index (χ2n) is 8.23. The van der Waals surface area contributed by atoms with Gasteiger partial charge in [0.15, 0.2) is 0 Å². The van der Waals surface area contributed by atoms with Crippen LogP contribution in [-0.2, 0) is 27.3 Å². The molecule has 176 valence electrons. The maximum Gasteiger partial charge on any atom is 0.249 e. The molecule has 7 nitrogen and oxygen atoms in total. The van der Waals surface area contributed by atoms with Crippen molar-refractivity contribution in [1.29, 1.82) is 0 Å². The number of hydrogen-bond donors (Lipinski definition) is 2. The Morgan fingerprint density at radius 1 is 1.06 bits per heavy atom. The summed E-state index contributed by atoms with van der Waals surface area (Å²) < 4.78 is 10.6. The maximum atomic E-state index is 12.6. The molecule has 2 amide bonds. The minimum absolute atomic E-state index is 0.00818. The molecular weight excluding hydrogens is 432 g/mol. The molecule has 1 aliphatic heterocycles. The number of methoxy groups -OCH3 is 1. The van der Waals surface area contributed by atoms with E-state index in [9.17, 15) is 14.7 Å². The van der Waals surface area contributed by atoms with Crippen molar-refractivity contribution in [2.45, 2.75) is 25.1 Å². The molecule has 0 aromatic heterocycles. The van der Waals surface area contributed by atoms with E-state index in [0.29, 0.717) is 17.8 Å². The minimum atomic E-state index is -0.934. The van der Waals surface area contributed by atoms with Crippen LogP contribution in [0, 0.1) is 0 Å². The summed E-state index contributed by atoms with van der Waals surface area (Å²) >= 11 is 0. The van der Waals surface area contributed by atoms with Gasteiger partial charge in [-0.2, -0.15) is 0 Å². The fourth-order valence-corrected chi connectivity index (χ4v) is 3.99. The Balaban J connectivity index is 1.41. The van der Waals surface area contributed by atoms with E-state index in [1.54, 1.807) is 36.3 Å². The molecule has 3 aromatic carbocycles. The average Bonchev–Trinajstić information content (AvgIpc) is 2.86. The van der Waals surface area contributed by atoms with Gasteiger partial charge in [0, 0.05) is 12.2 Å². The number of nitrogens with zero attached hydrogens (tertiary/aromatic N) is 1. The number of rotatable bonds is 8. The van der Waals surface area contributed by atoms with E-state index < -0.39 is 12.1 Å². The Morgan fingerprint density at radius 3 is 2.44 bits per heavy atom. The van der Waals surface area contributed by atoms with Crippen molar-refractivity contribution in [3.8, 4) is 5.75 Å². The van der Waals surface area contributed by atoms with Crippen molar-refractivity contribution in [1.82, 2.24) is 4.90 Å². The third kappa shape index (κ3) is 5.81. The highest BCUT2D eigenvalue weighted by atomic mass is 16.5. The monoisotopic (exact) mass is 460 g/mol. The summed E-state index contributed by atoms with van der Waals surface area (Å²) in [6.45, 7) is 0.589. The van der Waals surface area contributed by atoms with Crippen LogP contribution in [0.5, 0.6) is 5.75 Å². The quantitative estimate of drug-likeness (QED) is 0.538. The number of morpholine rings is 1. The van der Waals surface area contributed by atoms with Gasteiger partial charge < -0.3 is 24.8 Å². The van der Waals surface area contributed by atoms with Crippen LogP contribution in [0.1, 0.15) is 22.8 Å². The van der Waals surface area contributed by atoms with Gasteiger partial charge >= 0.3 is 0 Å².